The van der Waals surface area contributed by atoms with Crippen LogP contribution in [0.5, 0.6) is 0 Å². The Balaban J connectivity index is 2.54. The van der Waals surface area contributed by atoms with Gasteiger partial charge in [-0.15, -0.1) is 0 Å². The summed E-state index contributed by atoms with van der Waals surface area (Å²) in [6.45, 7) is 0. The fourth-order valence-corrected chi connectivity index (χ4v) is 2.00. The van der Waals surface area contributed by atoms with Crippen LogP contribution in [0.2, 0.25) is 0 Å². The molecule has 2 bridgehead atoms. The number of benzene rings is 1. The molecule has 0 saturated heterocycles. The van der Waals surface area contributed by atoms with E-state index in [1.807, 2.05) is 12.1 Å². The lowest BCUT2D eigenvalue weighted by molar-refractivity contribution is 0.671. The first-order chi connectivity index (χ1) is 5.93. The van der Waals surface area contributed by atoms with Crippen LogP contribution in [0.25, 0.3) is 16.7 Å². The van der Waals surface area contributed by atoms with Crippen LogP contribution in [-0.4, -0.2) is 0 Å². The highest BCUT2D eigenvalue weighted by atomic mass is 16.3. The monoisotopic (exact) mass is 155 g/mol. The molecule has 0 radical (unpaired) electrons. The van der Waals surface area contributed by atoms with E-state index < -0.39 is 0 Å². The number of allylic oxidation sites excluding steroid dienone is 2. The van der Waals surface area contributed by atoms with Crippen molar-refractivity contribution in [2.75, 3.05) is 0 Å². The highest BCUT2D eigenvalue weighted by Crippen LogP contribution is 2.30. The van der Waals surface area contributed by atoms with Gasteiger partial charge in [-0.25, -0.2) is 4.99 Å². The van der Waals surface area contributed by atoms with Crippen LogP contribution in [0.4, 0.5) is 0 Å². The number of hydrogen-bond acceptors (Lipinski definition) is 2. The molecule has 12 heavy (non-hydrogen) atoms. The molecule has 0 atom stereocenters. The van der Waals surface area contributed by atoms with Crippen molar-refractivity contribution in [3.8, 4) is 0 Å². The zero-order valence-corrected chi connectivity index (χ0v) is 6.29. The first-order valence-corrected chi connectivity index (χ1v) is 4.07. The molecule has 0 fully saturated rings. The molecule has 2 aliphatic rings. The first kappa shape index (κ1) is 5.14. The molecule has 2 heteroatoms. The molecule has 1 aliphatic heterocycles. The van der Waals surface area contributed by atoms with Crippen LogP contribution in [0, 0.1) is 0 Å². The maximum atomic E-state index is 5.50. The van der Waals surface area contributed by atoms with Gasteiger partial charge in [-0.3, -0.25) is 0 Å². The fourth-order valence-electron chi connectivity index (χ4n) is 2.00. The number of rotatable bonds is 0. The molecule has 1 aliphatic carbocycles. The Morgan fingerprint density at radius 3 is 3.00 bits per heavy atom. The van der Waals surface area contributed by atoms with Gasteiger partial charge in [0.05, 0.1) is 10.9 Å². The zero-order valence-electron chi connectivity index (χ0n) is 6.29. The van der Waals surface area contributed by atoms with Gasteiger partial charge in [-0.05, 0) is 24.1 Å². The SMILES string of the molecule is C1=C2N=c3c(c4ccc3o4)=C2C1. The summed E-state index contributed by atoms with van der Waals surface area (Å²) in [6.07, 6.45) is 3.22. The third kappa shape index (κ3) is 0.351. The van der Waals surface area contributed by atoms with E-state index in [-0.39, 0.29) is 0 Å². The van der Waals surface area contributed by atoms with Crippen LogP contribution in [0.3, 0.4) is 0 Å². The van der Waals surface area contributed by atoms with Gasteiger partial charge in [0.2, 0.25) is 0 Å². The topological polar surface area (TPSA) is 25.5 Å². The van der Waals surface area contributed by atoms with Crippen molar-refractivity contribution in [3.63, 3.8) is 0 Å². The minimum Gasteiger partial charge on any atom is -0.454 e. The van der Waals surface area contributed by atoms with Gasteiger partial charge in [0.1, 0.15) is 10.9 Å². The first-order valence-electron chi connectivity index (χ1n) is 4.07. The molecular weight excluding hydrogens is 150 g/mol. The van der Waals surface area contributed by atoms with Gasteiger partial charge in [0, 0.05) is 0 Å². The maximum Gasteiger partial charge on any atom is 0.153 e. The lowest BCUT2D eigenvalue weighted by Gasteiger charge is -2.09. The summed E-state index contributed by atoms with van der Waals surface area (Å²) in [5.41, 5.74) is 4.48. The average Bonchev–Trinajstić information content (AvgIpc) is 2.62. The molecule has 0 saturated carbocycles. The molecule has 4 rings (SSSR count). The van der Waals surface area contributed by atoms with Crippen molar-refractivity contribution < 1.29 is 4.42 Å². The van der Waals surface area contributed by atoms with Crippen LogP contribution in [0.15, 0.2) is 33.3 Å². The van der Waals surface area contributed by atoms with E-state index in [0.29, 0.717) is 0 Å². The number of furan rings is 2. The van der Waals surface area contributed by atoms with Gasteiger partial charge in [-0.1, -0.05) is 6.08 Å². The Labute approximate surface area is 67.9 Å². The van der Waals surface area contributed by atoms with Crippen molar-refractivity contribution in [1.29, 1.82) is 0 Å². The Morgan fingerprint density at radius 2 is 2.17 bits per heavy atom. The molecule has 0 unspecified atom stereocenters. The van der Waals surface area contributed by atoms with E-state index in [4.69, 9.17) is 4.42 Å². The fraction of sp³-hybridized carbons (Fsp3) is 0.100. The lowest BCUT2D eigenvalue weighted by Crippen LogP contribution is -2.20. The lowest BCUT2D eigenvalue weighted by atomic mass is 9.98. The molecule has 0 spiro atoms. The molecule has 0 N–H and O–H groups in total. The predicted molar refractivity (Wildman–Crippen MR) is 44.3 cm³/mol. The van der Waals surface area contributed by atoms with Gasteiger partial charge in [0.15, 0.2) is 5.58 Å². The minimum atomic E-state index is 0.933. The summed E-state index contributed by atoms with van der Waals surface area (Å²) in [5, 5.41) is 2.32. The molecule has 2 nitrogen and oxygen atoms in total. The normalized spacial score (nSPS) is 18.7. The third-order valence-electron chi connectivity index (χ3n) is 2.67. The third-order valence-corrected chi connectivity index (χ3v) is 2.67. The molecule has 0 amide bonds. The summed E-state index contributed by atoms with van der Waals surface area (Å²) in [4.78, 5) is 4.47. The second kappa shape index (κ2) is 1.33. The second-order valence-electron chi connectivity index (χ2n) is 3.27. The summed E-state index contributed by atoms with van der Waals surface area (Å²) < 4.78 is 5.50. The predicted octanol–water partition coefficient (Wildman–Crippen LogP) is 0.942. The Hall–Kier alpha value is -1.57. The van der Waals surface area contributed by atoms with Gasteiger partial charge < -0.3 is 4.42 Å². The van der Waals surface area contributed by atoms with E-state index >= 15 is 0 Å². The smallest absolute Gasteiger partial charge is 0.153 e. The Morgan fingerprint density at radius 1 is 1.25 bits per heavy atom. The van der Waals surface area contributed by atoms with Crippen molar-refractivity contribution in [1.82, 2.24) is 0 Å². The summed E-state index contributed by atoms with van der Waals surface area (Å²) in [7, 11) is 0. The van der Waals surface area contributed by atoms with Crippen molar-refractivity contribution >= 4 is 16.7 Å². The van der Waals surface area contributed by atoms with E-state index in [0.717, 1.165) is 22.9 Å². The molecular formula is C10H5NO. The number of fused-ring (bicyclic) bond motifs is 6. The summed E-state index contributed by atoms with van der Waals surface area (Å²) in [6, 6.07) is 4.02. The highest BCUT2D eigenvalue weighted by Gasteiger charge is 2.23. The second-order valence-corrected chi connectivity index (χ2v) is 3.27. The maximum absolute atomic E-state index is 5.50. The van der Waals surface area contributed by atoms with Crippen molar-refractivity contribution in [2.45, 2.75) is 6.42 Å². The van der Waals surface area contributed by atoms with Gasteiger partial charge >= 0.3 is 0 Å². The van der Waals surface area contributed by atoms with Crippen LogP contribution in [0.1, 0.15) is 6.42 Å². The summed E-state index contributed by atoms with van der Waals surface area (Å²) in [5.74, 6) is 0. The largest absolute Gasteiger partial charge is 0.454 e. The molecule has 0 aromatic carbocycles. The van der Waals surface area contributed by atoms with Crippen LogP contribution >= 0.6 is 0 Å². The standard InChI is InChI=1S/C10H5NO/c1-2-6-5(1)9-7-3-4-8(12-7)10(9)11-6/h2-4H,1H2. The molecule has 56 valence electrons. The van der Waals surface area contributed by atoms with E-state index in [9.17, 15) is 0 Å². The zero-order chi connectivity index (χ0) is 7.71. The van der Waals surface area contributed by atoms with Gasteiger partial charge in [-0.2, -0.15) is 0 Å². The van der Waals surface area contributed by atoms with E-state index in [2.05, 4.69) is 11.1 Å². The molecule has 3 heterocycles. The quantitative estimate of drug-likeness (QED) is 0.556. The van der Waals surface area contributed by atoms with Crippen molar-refractivity contribution in [3.05, 3.63) is 34.5 Å². The van der Waals surface area contributed by atoms with E-state index in [1.165, 1.54) is 16.5 Å². The molecule has 2 aromatic rings. The van der Waals surface area contributed by atoms with Crippen LogP contribution < -0.4 is 10.6 Å². The van der Waals surface area contributed by atoms with E-state index in [1.54, 1.807) is 0 Å². The molecule has 2 aromatic heterocycles. The highest BCUT2D eigenvalue weighted by molar-refractivity contribution is 5.81. The average molecular weight is 155 g/mol. The number of nitrogens with zero attached hydrogens (tertiary/aromatic N) is 1. The Bertz CT molecular complexity index is 630. The Kier molecular flexibility index (Phi) is 0.571. The van der Waals surface area contributed by atoms with Crippen LogP contribution in [-0.2, 0) is 0 Å². The van der Waals surface area contributed by atoms with Gasteiger partial charge in [0.25, 0.3) is 0 Å². The minimum absolute atomic E-state index is 0.933. The number of hydrogen-bond donors (Lipinski definition) is 0. The van der Waals surface area contributed by atoms with Crippen molar-refractivity contribution in [2.24, 2.45) is 4.99 Å². The summed E-state index contributed by atoms with van der Waals surface area (Å²) >= 11 is 0.